The average Bonchev–Trinajstić information content (AvgIpc) is 3.37. The molecular weight excluding hydrogens is 416 g/mol. The Morgan fingerprint density at radius 2 is 2.11 bits per heavy atom. The minimum Gasteiger partial charge on any atom is -0.450 e. The van der Waals surface area contributed by atoms with Crippen LogP contribution < -0.4 is 10.6 Å². The number of hydrogen-bond acceptors (Lipinski definition) is 6. The van der Waals surface area contributed by atoms with Crippen molar-refractivity contribution in [3.05, 3.63) is 34.4 Å². The van der Waals surface area contributed by atoms with Crippen molar-refractivity contribution in [1.82, 2.24) is 10.1 Å². The lowest BCUT2D eigenvalue weighted by molar-refractivity contribution is -0.116. The summed E-state index contributed by atoms with van der Waals surface area (Å²) in [6.45, 7) is 1.99. The highest BCUT2D eigenvalue weighted by Crippen LogP contribution is 2.38. The number of hydrogen-bond donors (Lipinski definition) is 2. The van der Waals surface area contributed by atoms with Gasteiger partial charge in [0.15, 0.2) is 5.82 Å². The van der Waals surface area contributed by atoms with E-state index in [1.54, 1.807) is 25.1 Å². The van der Waals surface area contributed by atoms with Gasteiger partial charge >= 0.3 is 6.09 Å². The van der Waals surface area contributed by atoms with Gasteiger partial charge in [-0.1, -0.05) is 21.1 Å². The van der Waals surface area contributed by atoms with Crippen LogP contribution in [0, 0.1) is 0 Å². The number of benzene rings is 1. The standard InChI is InChI=1S/C18H21BrN4O4/c1-2-26-18(25)21-13-9-8-12(19)10-14(13)20-15(24)4-3-5-16-22-17(23-27-16)11-6-7-11/h8-11H,2-7H2,1H3,(H,20,24)(H,21,25). The lowest BCUT2D eigenvalue weighted by atomic mass is 10.2. The second-order valence-electron chi connectivity index (χ2n) is 6.26. The number of nitrogens with zero attached hydrogens (tertiary/aromatic N) is 2. The Morgan fingerprint density at radius 1 is 1.30 bits per heavy atom. The molecule has 0 unspecified atom stereocenters. The predicted molar refractivity (Wildman–Crippen MR) is 103 cm³/mol. The van der Waals surface area contributed by atoms with Gasteiger partial charge in [0, 0.05) is 23.2 Å². The van der Waals surface area contributed by atoms with Crippen molar-refractivity contribution < 1.29 is 18.8 Å². The Labute approximate surface area is 165 Å². The van der Waals surface area contributed by atoms with Crippen LogP contribution in [0.5, 0.6) is 0 Å². The molecule has 1 aliphatic carbocycles. The van der Waals surface area contributed by atoms with Crippen molar-refractivity contribution in [2.45, 2.75) is 44.9 Å². The van der Waals surface area contributed by atoms with Crippen LogP contribution in [0.3, 0.4) is 0 Å². The lowest BCUT2D eigenvalue weighted by Gasteiger charge is -2.12. The van der Waals surface area contributed by atoms with Gasteiger partial charge in [0.05, 0.1) is 18.0 Å². The van der Waals surface area contributed by atoms with E-state index in [0.717, 1.165) is 23.1 Å². The van der Waals surface area contributed by atoms with Crippen LogP contribution in [-0.2, 0) is 16.0 Å². The summed E-state index contributed by atoms with van der Waals surface area (Å²) in [5.41, 5.74) is 0.965. The van der Waals surface area contributed by atoms with Crippen LogP contribution in [0.15, 0.2) is 27.2 Å². The summed E-state index contributed by atoms with van der Waals surface area (Å²) >= 11 is 3.36. The van der Waals surface area contributed by atoms with E-state index < -0.39 is 6.09 Å². The van der Waals surface area contributed by atoms with Gasteiger partial charge in [0.25, 0.3) is 0 Å². The number of aromatic nitrogens is 2. The zero-order valence-electron chi connectivity index (χ0n) is 15.0. The van der Waals surface area contributed by atoms with Crippen molar-refractivity contribution in [3.8, 4) is 0 Å². The molecule has 27 heavy (non-hydrogen) atoms. The Balaban J connectivity index is 1.51. The number of rotatable bonds is 8. The molecular formula is C18H21BrN4O4. The summed E-state index contributed by atoms with van der Waals surface area (Å²) in [4.78, 5) is 28.3. The highest BCUT2D eigenvalue weighted by Gasteiger charge is 2.28. The molecule has 0 bridgehead atoms. The van der Waals surface area contributed by atoms with E-state index in [9.17, 15) is 9.59 Å². The third-order valence-electron chi connectivity index (χ3n) is 3.99. The summed E-state index contributed by atoms with van der Waals surface area (Å²) in [5, 5.41) is 9.39. The fourth-order valence-electron chi connectivity index (χ4n) is 2.50. The Bertz CT molecular complexity index is 819. The molecule has 1 saturated carbocycles. The first-order valence-corrected chi connectivity index (χ1v) is 9.70. The Kier molecular flexibility index (Phi) is 6.44. The maximum Gasteiger partial charge on any atom is 0.411 e. The van der Waals surface area contributed by atoms with E-state index in [4.69, 9.17) is 9.26 Å². The van der Waals surface area contributed by atoms with E-state index in [1.165, 1.54) is 0 Å². The normalized spacial score (nSPS) is 13.3. The maximum absolute atomic E-state index is 12.3. The average molecular weight is 437 g/mol. The van der Waals surface area contributed by atoms with Crippen LogP contribution in [0.4, 0.5) is 16.2 Å². The smallest absolute Gasteiger partial charge is 0.411 e. The first-order chi connectivity index (χ1) is 13.0. The number of nitrogens with one attached hydrogen (secondary N) is 2. The van der Waals surface area contributed by atoms with Gasteiger partial charge in [-0.05, 0) is 44.4 Å². The topological polar surface area (TPSA) is 106 Å². The van der Waals surface area contributed by atoms with Crippen LogP contribution >= 0.6 is 15.9 Å². The molecule has 1 heterocycles. The predicted octanol–water partition coefficient (Wildman–Crippen LogP) is 4.24. The number of aryl methyl sites for hydroxylation is 1. The first-order valence-electron chi connectivity index (χ1n) is 8.90. The molecule has 8 nitrogen and oxygen atoms in total. The molecule has 0 saturated heterocycles. The molecule has 1 aliphatic rings. The largest absolute Gasteiger partial charge is 0.450 e. The van der Waals surface area contributed by atoms with Crippen LogP contribution in [-0.4, -0.2) is 28.7 Å². The van der Waals surface area contributed by atoms with Crippen molar-refractivity contribution in [2.75, 3.05) is 17.2 Å². The molecule has 2 amide bonds. The zero-order chi connectivity index (χ0) is 19.2. The van der Waals surface area contributed by atoms with Gasteiger partial charge in [0.2, 0.25) is 11.8 Å². The minimum atomic E-state index is -0.571. The fraction of sp³-hybridized carbons (Fsp3) is 0.444. The molecule has 3 rings (SSSR count). The highest BCUT2D eigenvalue weighted by atomic mass is 79.9. The number of carbonyl (C=O) groups excluding carboxylic acids is 2. The van der Waals surface area contributed by atoms with E-state index in [0.29, 0.717) is 42.4 Å². The summed E-state index contributed by atoms with van der Waals surface area (Å²) in [6.07, 6.45) is 3.11. The summed E-state index contributed by atoms with van der Waals surface area (Å²) in [7, 11) is 0. The molecule has 9 heteroatoms. The first kappa shape index (κ1) is 19.3. The third-order valence-corrected chi connectivity index (χ3v) is 4.48. The Morgan fingerprint density at radius 3 is 2.85 bits per heavy atom. The molecule has 1 fully saturated rings. The van der Waals surface area contributed by atoms with Gasteiger partial charge < -0.3 is 14.6 Å². The molecule has 2 N–H and O–H groups in total. The van der Waals surface area contributed by atoms with Crippen LogP contribution in [0.25, 0.3) is 0 Å². The van der Waals surface area contributed by atoms with Crippen LogP contribution in [0.2, 0.25) is 0 Å². The van der Waals surface area contributed by atoms with Gasteiger partial charge in [-0.2, -0.15) is 4.98 Å². The molecule has 144 valence electrons. The summed E-state index contributed by atoms with van der Waals surface area (Å²) < 4.78 is 10.9. The lowest BCUT2D eigenvalue weighted by Crippen LogP contribution is -2.17. The van der Waals surface area contributed by atoms with Gasteiger partial charge in [-0.3, -0.25) is 10.1 Å². The summed E-state index contributed by atoms with van der Waals surface area (Å²) in [5.74, 6) is 1.63. The van der Waals surface area contributed by atoms with E-state index >= 15 is 0 Å². The number of ether oxygens (including phenoxy) is 1. The van der Waals surface area contributed by atoms with Crippen molar-refractivity contribution in [3.63, 3.8) is 0 Å². The second-order valence-corrected chi connectivity index (χ2v) is 7.17. The monoisotopic (exact) mass is 436 g/mol. The molecule has 0 aliphatic heterocycles. The van der Waals surface area contributed by atoms with E-state index in [2.05, 4.69) is 36.7 Å². The van der Waals surface area contributed by atoms with Gasteiger partial charge in [-0.25, -0.2) is 4.79 Å². The number of anilines is 2. The third kappa shape index (κ3) is 5.78. The highest BCUT2D eigenvalue weighted by molar-refractivity contribution is 9.10. The van der Waals surface area contributed by atoms with Crippen LogP contribution in [0.1, 0.15) is 50.2 Å². The van der Waals surface area contributed by atoms with Crippen molar-refractivity contribution in [2.24, 2.45) is 0 Å². The quantitative estimate of drug-likeness (QED) is 0.640. The van der Waals surface area contributed by atoms with Crippen molar-refractivity contribution in [1.29, 1.82) is 0 Å². The number of halogens is 1. The van der Waals surface area contributed by atoms with E-state index in [-0.39, 0.29) is 12.5 Å². The second kappa shape index (κ2) is 8.98. The molecule has 0 atom stereocenters. The summed E-state index contributed by atoms with van der Waals surface area (Å²) in [6, 6.07) is 5.18. The zero-order valence-corrected chi connectivity index (χ0v) is 16.5. The minimum absolute atomic E-state index is 0.165. The fourth-order valence-corrected chi connectivity index (χ4v) is 2.86. The molecule has 0 radical (unpaired) electrons. The maximum atomic E-state index is 12.3. The number of amides is 2. The molecule has 0 spiro atoms. The Hall–Kier alpha value is -2.42. The SMILES string of the molecule is CCOC(=O)Nc1ccc(Br)cc1NC(=O)CCCc1nc(C2CC2)no1. The molecule has 1 aromatic carbocycles. The van der Waals surface area contributed by atoms with E-state index in [1.807, 2.05) is 0 Å². The van der Waals surface area contributed by atoms with Gasteiger partial charge in [-0.15, -0.1) is 0 Å². The van der Waals surface area contributed by atoms with Gasteiger partial charge in [0.1, 0.15) is 0 Å². The number of carbonyl (C=O) groups is 2. The van der Waals surface area contributed by atoms with Crippen molar-refractivity contribution >= 4 is 39.3 Å². The molecule has 2 aromatic rings. The molecule has 1 aromatic heterocycles.